The highest BCUT2D eigenvalue weighted by Crippen LogP contribution is 2.08. The van der Waals surface area contributed by atoms with Crippen molar-refractivity contribution < 1.29 is 9.59 Å². The van der Waals surface area contributed by atoms with E-state index in [1.54, 1.807) is 6.07 Å². The van der Waals surface area contributed by atoms with Crippen LogP contribution in [0.15, 0.2) is 17.5 Å². The van der Waals surface area contributed by atoms with Crippen molar-refractivity contribution in [2.24, 2.45) is 5.92 Å². The molecule has 0 saturated carbocycles. The van der Waals surface area contributed by atoms with Crippen LogP contribution in [0.3, 0.4) is 0 Å². The van der Waals surface area contributed by atoms with Gasteiger partial charge in [0.05, 0.1) is 11.4 Å². The Morgan fingerprint density at radius 1 is 1.40 bits per heavy atom. The Bertz CT molecular complexity index is 419. The Balaban J connectivity index is 0.00000200. The maximum atomic E-state index is 11.6. The third kappa shape index (κ3) is 5.48. The Morgan fingerprint density at radius 2 is 2.25 bits per heavy atom. The highest BCUT2D eigenvalue weighted by atomic mass is 35.5. The minimum atomic E-state index is -0.190. The topological polar surface area (TPSA) is 70.2 Å². The number of amides is 2. The summed E-state index contributed by atoms with van der Waals surface area (Å²) in [6.45, 7) is 2.75. The average Bonchev–Trinajstić information content (AvgIpc) is 2.98. The van der Waals surface area contributed by atoms with Gasteiger partial charge in [0.1, 0.15) is 0 Å². The fourth-order valence-corrected chi connectivity index (χ4v) is 2.71. The van der Waals surface area contributed by atoms with E-state index in [1.807, 2.05) is 11.4 Å². The molecule has 1 aliphatic rings. The Hall–Kier alpha value is -1.11. The van der Waals surface area contributed by atoms with E-state index in [4.69, 9.17) is 0 Å². The summed E-state index contributed by atoms with van der Waals surface area (Å²) in [5.41, 5.74) is 0. The number of carbonyl (C=O) groups excluding carboxylic acids is 2. The average molecular weight is 318 g/mol. The maximum absolute atomic E-state index is 11.6. The molecule has 1 aliphatic heterocycles. The molecule has 7 heteroatoms. The molecule has 112 valence electrons. The second-order valence-electron chi connectivity index (χ2n) is 4.68. The molecule has 0 spiro atoms. The van der Waals surface area contributed by atoms with E-state index >= 15 is 0 Å². The SMILES string of the molecule is Cl.O=C(CNC(=O)c1cccs1)NCC1CCCNC1. The first-order chi connectivity index (χ1) is 9.25. The number of hydrogen-bond donors (Lipinski definition) is 3. The Labute approximate surface area is 128 Å². The Kier molecular flexibility index (Phi) is 7.58. The van der Waals surface area contributed by atoms with Gasteiger partial charge in [0.25, 0.3) is 5.91 Å². The largest absolute Gasteiger partial charge is 0.354 e. The van der Waals surface area contributed by atoms with Crippen molar-refractivity contribution in [3.8, 4) is 0 Å². The second-order valence-corrected chi connectivity index (χ2v) is 5.62. The second kappa shape index (κ2) is 8.94. The highest BCUT2D eigenvalue weighted by molar-refractivity contribution is 7.12. The van der Waals surface area contributed by atoms with E-state index in [0.717, 1.165) is 25.9 Å². The van der Waals surface area contributed by atoms with Crippen LogP contribution in [0.4, 0.5) is 0 Å². The lowest BCUT2D eigenvalue weighted by molar-refractivity contribution is -0.120. The summed E-state index contributed by atoms with van der Waals surface area (Å²) in [7, 11) is 0. The molecule has 0 radical (unpaired) electrons. The van der Waals surface area contributed by atoms with Crippen LogP contribution in [-0.2, 0) is 4.79 Å². The fourth-order valence-electron chi connectivity index (χ4n) is 2.07. The normalized spacial score (nSPS) is 17.9. The number of rotatable bonds is 5. The molecule has 2 heterocycles. The van der Waals surface area contributed by atoms with E-state index in [-0.39, 0.29) is 30.8 Å². The quantitative estimate of drug-likeness (QED) is 0.759. The van der Waals surface area contributed by atoms with Crippen molar-refractivity contribution in [3.05, 3.63) is 22.4 Å². The van der Waals surface area contributed by atoms with E-state index in [1.165, 1.54) is 11.3 Å². The molecular weight excluding hydrogens is 298 g/mol. The summed E-state index contributed by atoms with van der Waals surface area (Å²) in [6, 6.07) is 3.56. The summed E-state index contributed by atoms with van der Waals surface area (Å²) < 4.78 is 0. The van der Waals surface area contributed by atoms with E-state index < -0.39 is 0 Å². The summed E-state index contributed by atoms with van der Waals surface area (Å²) in [5, 5.41) is 10.6. The summed E-state index contributed by atoms with van der Waals surface area (Å²) in [5.74, 6) is 0.186. The van der Waals surface area contributed by atoms with Crippen LogP contribution in [0.2, 0.25) is 0 Å². The van der Waals surface area contributed by atoms with Gasteiger partial charge in [-0.1, -0.05) is 6.07 Å². The molecule has 20 heavy (non-hydrogen) atoms. The first kappa shape index (κ1) is 16.9. The van der Waals surface area contributed by atoms with Gasteiger partial charge in [-0.2, -0.15) is 0 Å². The van der Waals surface area contributed by atoms with Gasteiger partial charge in [-0.05, 0) is 43.3 Å². The highest BCUT2D eigenvalue weighted by Gasteiger charge is 2.14. The standard InChI is InChI=1S/C13H19N3O2S.ClH/c17-12(15-8-10-3-1-5-14-7-10)9-16-13(18)11-4-2-6-19-11;/h2,4,6,10,14H,1,3,5,7-9H2,(H,15,17)(H,16,18);1H. The van der Waals surface area contributed by atoms with Gasteiger partial charge in [-0.15, -0.1) is 23.7 Å². The van der Waals surface area contributed by atoms with Crippen LogP contribution in [0.5, 0.6) is 0 Å². The molecule has 1 unspecified atom stereocenters. The molecule has 3 N–H and O–H groups in total. The van der Waals surface area contributed by atoms with Crippen LogP contribution >= 0.6 is 23.7 Å². The minimum absolute atomic E-state index is 0. The monoisotopic (exact) mass is 317 g/mol. The van der Waals surface area contributed by atoms with E-state index in [0.29, 0.717) is 17.3 Å². The molecule has 1 fully saturated rings. The van der Waals surface area contributed by atoms with Crippen molar-refractivity contribution in [2.45, 2.75) is 12.8 Å². The van der Waals surface area contributed by atoms with Crippen molar-refractivity contribution in [2.75, 3.05) is 26.2 Å². The minimum Gasteiger partial charge on any atom is -0.354 e. The molecule has 0 aliphatic carbocycles. The zero-order chi connectivity index (χ0) is 13.5. The number of carbonyl (C=O) groups is 2. The molecule has 1 saturated heterocycles. The number of halogens is 1. The molecule has 5 nitrogen and oxygen atoms in total. The first-order valence-corrected chi connectivity index (χ1v) is 7.43. The van der Waals surface area contributed by atoms with Gasteiger partial charge in [-0.3, -0.25) is 9.59 Å². The lowest BCUT2D eigenvalue weighted by atomic mass is 10.00. The predicted molar refractivity (Wildman–Crippen MR) is 82.5 cm³/mol. The van der Waals surface area contributed by atoms with Gasteiger partial charge in [0.15, 0.2) is 0 Å². The molecule has 0 bridgehead atoms. The van der Waals surface area contributed by atoms with E-state index in [2.05, 4.69) is 16.0 Å². The van der Waals surface area contributed by atoms with Crippen molar-refractivity contribution in [3.63, 3.8) is 0 Å². The lowest BCUT2D eigenvalue weighted by Gasteiger charge is -2.22. The molecule has 2 amide bonds. The number of piperidine rings is 1. The van der Waals surface area contributed by atoms with Crippen molar-refractivity contribution in [1.29, 1.82) is 0 Å². The van der Waals surface area contributed by atoms with E-state index in [9.17, 15) is 9.59 Å². The van der Waals surface area contributed by atoms with Crippen molar-refractivity contribution >= 4 is 35.6 Å². The zero-order valence-corrected chi connectivity index (χ0v) is 12.8. The third-order valence-corrected chi connectivity index (χ3v) is 4.01. The molecule has 1 aromatic rings. The van der Waals surface area contributed by atoms with Gasteiger partial charge in [0.2, 0.25) is 5.91 Å². The van der Waals surface area contributed by atoms with Crippen LogP contribution in [-0.4, -0.2) is 38.0 Å². The molecule has 2 rings (SSSR count). The van der Waals surface area contributed by atoms with Crippen molar-refractivity contribution in [1.82, 2.24) is 16.0 Å². The molecule has 0 aromatic carbocycles. The van der Waals surface area contributed by atoms with Crippen LogP contribution in [0.25, 0.3) is 0 Å². The van der Waals surface area contributed by atoms with Crippen LogP contribution in [0.1, 0.15) is 22.5 Å². The molecule has 1 aromatic heterocycles. The van der Waals surface area contributed by atoms with Gasteiger partial charge in [0, 0.05) is 6.54 Å². The number of thiophene rings is 1. The zero-order valence-electron chi connectivity index (χ0n) is 11.2. The number of nitrogens with one attached hydrogen (secondary N) is 3. The van der Waals surface area contributed by atoms with Gasteiger partial charge < -0.3 is 16.0 Å². The molecule has 1 atom stereocenters. The van der Waals surface area contributed by atoms with Crippen LogP contribution in [0, 0.1) is 5.92 Å². The first-order valence-electron chi connectivity index (χ1n) is 6.55. The number of hydrogen-bond acceptors (Lipinski definition) is 4. The predicted octanol–water partition coefficient (Wildman–Crippen LogP) is 1.02. The van der Waals surface area contributed by atoms with Crippen LogP contribution < -0.4 is 16.0 Å². The Morgan fingerprint density at radius 3 is 2.90 bits per heavy atom. The molecular formula is C13H20ClN3O2S. The lowest BCUT2D eigenvalue weighted by Crippen LogP contribution is -2.42. The summed E-state index contributed by atoms with van der Waals surface area (Å²) >= 11 is 1.37. The summed E-state index contributed by atoms with van der Waals surface area (Å²) in [4.78, 5) is 23.9. The van der Waals surface area contributed by atoms with Gasteiger partial charge in [-0.25, -0.2) is 0 Å². The van der Waals surface area contributed by atoms with Gasteiger partial charge >= 0.3 is 0 Å². The third-order valence-electron chi connectivity index (χ3n) is 3.14. The summed E-state index contributed by atoms with van der Waals surface area (Å²) in [6.07, 6.45) is 2.31. The maximum Gasteiger partial charge on any atom is 0.261 e. The smallest absolute Gasteiger partial charge is 0.261 e. The fraction of sp³-hybridized carbons (Fsp3) is 0.538.